The number of methoxy groups -OCH3 is 1. The molecule has 0 atom stereocenters. The molecular formula is C12H27NO3. The maximum atomic E-state index is 5.46. The van der Waals surface area contributed by atoms with Crippen molar-refractivity contribution in [2.75, 3.05) is 33.5 Å². The third kappa shape index (κ3) is 8.05. The highest BCUT2D eigenvalue weighted by molar-refractivity contribution is 4.76. The minimum Gasteiger partial charge on any atom is -0.383 e. The Morgan fingerprint density at radius 1 is 1.12 bits per heavy atom. The van der Waals surface area contributed by atoms with Crippen LogP contribution in [-0.2, 0) is 14.2 Å². The Kier molecular flexibility index (Phi) is 8.84. The smallest absolute Gasteiger partial charge is 0.158 e. The van der Waals surface area contributed by atoms with Crippen LogP contribution >= 0.6 is 0 Å². The van der Waals surface area contributed by atoms with Crippen molar-refractivity contribution in [1.29, 1.82) is 0 Å². The van der Waals surface area contributed by atoms with E-state index in [-0.39, 0.29) is 11.8 Å². The average Bonchev–Trinajstić information content (AvgIpc) is 2.18. The van der Waals surface area contributed by atoms with Crippen molar-refractivity contribution in [3.05, 3.63) is 0 Å². The molecule has 0 aromatic rings. The summed E-state index contributed by atoms with van der Waals surface area (Å²) in [6.45, 7) is 11.1. The highest BCUT2D eigenvalue weighted by atomic mass is 16.7. The van der Waals surface area contributed by atoms with Crippen molar-refractivity contribution in [3.63, 3.8) is 0 Å². The summed E-state index contributed by atoms with van der Waals surface area (Å²) >= 11 is 0. The Morgan fingerprint density at radius 2 is 1.69 bits per heavy atom. The zero-order valence-electron chi connectivity index (χ0n) is 11.3. The van der Waals surface area contributed by atoms with Crippen LogP contribution < -0.4 is 5.32 Å². The Morgan fingerprint density at radius 3 is 2.12 bits per heavy atom. The van der Waals surface area contributed by atoms with E-state index in [1.165, 1.54) is 0 Å². The maximum absolute atomic E-state index is 5.46. The average molecular weight is 233 g/mol. The SMILES string of the molecule is CCOC(CCNC(C)(C)COC)OCC. The second-order valence-electron chi connectivity index (χ2n) is 4.37. The van der Waals surface area contributed by atoms with Crippen molar-refractivity contribution in [2.45, 2.75) is 45.9 Å². The molecule has 0 amide bonds. The minimum atomic E-state index is -0.0964. The van der Waals surface area contributed by atoms with Gasteiger partial charge in [-0.2, -0.15) is 0 Å². The molecule has 98 valence electrons. The first-order chi connectivity index (χ1) is 7.55. The molecule has 0 radical (unpaired) electrons. The lowest BCUT2D eigenvalue weighted by Gasteiger charge is -2.26. The van der Waals surface area contributed by atoms with E-state index in [0.717, 1.165) is 13.0 Å². The van der Waals surface area contributed by atoms with E-state index in [1.807, 2.05) is 13.8 Å². The molecular weight excluding hydrogens is 206 g/mol. The fourth-order valence-corrected chi connectivity index (χ4v) is 1.53. The summed E-state index contributed by atoms with van der Waals surface area (Å²) in [6, 6.07) is 0. The molecule has 0 aromatic carbocycles. The van der Waals surface area contributed by atoms with Gasteiger partial charge in [0.05, 0.1) is 6.61 Å². The molecule has 4 heteroatoms. The first kappa shape index (κ1) is 15.8. The van der Waals surface area contributed by atoms with Gasteiger partial charge >= 0.3 is 0 Å². The standard InChI is InChI=1S/C12H27NO3/c1-6-15-11(16-7-2)8-9-13-12(3,4)10-14-5/h11,13H,6-10H2,1-5H3. The zero-order valence-corrected chi connectivity index (χ0v) is 11.3. The lowest BCUT2D eigenvalue weighted by atomic mass is 10.1. The van der Waals surface area contributed by atoms with E-state index in [4.69, 9.17) is 14.2 Å². The highest BCUT2D eigenvalue weighted by Crippen LogP contribution is 2.05. The fourth-order valence-electron chi connectivity index (χ4n) is 1.53. The van der Waals surface area contributed by atoms with Crippen molar-refractivity contribution in [3.8, 4) is 0 Å². The highest BCUT2D eigenvalue weighted by Gasteiger charge is 2.17. The summed E-state index contributed by atoms with van der Waals surface area (Å²) < 4.78 is 16.1. The second kappa shape index (κ2) is 8.93. The second-order valence-corrected chi connectivity index (χ2v) is 4.37. The molecule has 0 fully saturated rings. The molecule has 4 nitrogen and oxygen atoms in total. The van der Waals surface area contributed by atoms with Crippen LogP contribution in [0, 0.1) is 0 Å². The van der Waals surface area contributed by atoms with Gasteiger partial charge in [0.1, 0.15) is 0 Å². The van der Waals surface area contributed by atoms with Gasteiger partial charge in [-0.25, -0.2) is 0 Å². The van der Waals surface area contributed by atoms with E-state index in [1.54, 1.807) is 7.11 Å². The van der Waals surface area contributed by atoms with Crippen LogP contribution in [0.25, 0.3) is 0 Å². The molecule has 0 bridgehead atoms. The molecule has 1 N–H and O–H groups in total. The molecule has 0 spiro atoms. The summed E-state index contributed by atoms with van der Waals surface area (Å²) in [7, 11) is 1.71. The fraction of sp³-hybridized carbons (Fsp3) is 1.00. The van der Waals surface area contributed by atoms with Crippen LogP contribution in [0.2, 0.25) is 0 Å². The van der Waals surface area contributed by atoms with Crippen LogP contribution in [0.1, 0.15) is 34.1 Å². The van der Waals surface area contributed by atoms with Gasteiger partial charge in [-0.1, -0.05) is 0 Å². The van der Waals surface area contributed by atoms with Gasteiger partial charge in [0.2, 0.25) is 0 Å². The third-order valence-electron chi connectivity index (χ3n) is 2.19. The first-order valence-electron chi connectivity index (χ1n) is 6.03. The monoisotopic (exact) mass is 233 g/mol. The largest absolute Gasteiger partial charge is 0.383 e. The topological polar surface area (TPSA) is 39.7 Å². The normalized spacial score (nSPS) is 12.4. The lowest BCUT2D eigenvalue weighted by molar-refractivity contribution is -0.139. The number of rotatable bonds is 10. The van der Waals surface area contributed by atoms with E-state index in [0.29, 0.717) is 19.8 Å². The quantitative estimate of drug-likeness (QED) is 0.584. The summed E-state index contributed by atoms with van der Waals surface area (Å²) in [5.41, 5.74) is -0.00225. The maximum Gasteiger partial charge on any atom is 0.158 e. The summed E-state index contributed by atoms with van der Waals surface area (Å²) in [4.78, 5) is 0. The minimum absolute atomic E-state index is 0.00225. The molecule has 0 unspecified atom stereocenters. The van der Waals surface area contributed by atoms with E-state index in [2.05, 4.69) is 19.2 Å². The van der Waals surface area contributed by atoms with Gasteiger partial charge in [-0.15, -0.1) is 0 Å². The van der Waals surface area contributed by atoms with Gasteiger partial charge in [-0.3, -0.25) is 0 Å². The van der Waals surface area contributed by atoms with Gasteiger partial charge in [0.15, 0.2) is 6.29 Å². The Balaban J connectivity index is 3.75. The predicted molar refractivity (Wildman–Crippen MR) is 65.6 cm³/mol. The Labute approximate surface area is 99.6 Å². The summed E-state index contributed by atoms with van der Waals surface area (Å²) in [5.74, 6) is 0. The van der Waals surface area contributed by atoms with Crippen LogP contribution in [0.3, 0.4) is 0 Å². The molecule has 0 saturated heterocycles. The summed E-state index contributed by atoms with van der Waals surface area (Å²) in [6.07, 6.45) is 0.760. The Bertz CT molecular complexity index is 156. The molecule has 0 saturated carbocycles. The van der Waals surface area contributed by atoms with Crippen molar-refractivity contribution in [2.24, 2.45) is 0 Å². The predicted octanol–water partition coefficient (Wildman–Crippen LogP) is 1.79. The number of nitrogens with one attached hydrogen (secondary N) is 1. The molecule has 0 aliphatic rings. The molecule has 0 heterocycles. The van der Waals surface area contributed by atoms with Crippen molar-refractivity contribution < 1.29 is 14.2 Å². The van der Waals surface area contributed by atoms with Crippen LogP contribution in [0.5, 0.6) is 0 Å². The van der Waals surface area contributed by atoms with Gasteiger partial charge in [0, 0.05) is 38.8 Å². The van der Waals surface area contributed by atoms with Crippen molar-refractivity contribution in [1.82, 2.24) is 5.32 Å². The van der Waals surface area contributed by atoms with Crippen LogP contribution in [0.4, 0.5) is 0 Å². The lowest BCUT2D eigenvalue weighted by Crippen LogP contribution is -2.44. The Hall–Kier alpha value is -0.160. The van der Waals surface area contributed by atoms with E-state index >= 15 is 0 Å². The van der Waals surface area contributed by atoms with Gasteiger partial charge in [-0.05, 0) is 27.7 Å². The molecule has 0 rings (SSSR count). The van der Waals surface area contributed by atoms with Crippen LogP contribution in [-0.4, -0.2) is 45.3 Å². The van der Waals surface area contributed by atoms with Crippen LogP contribution in [0.15, 0.2) is 0 Å². The zero-order chi connectivity index (χ0) is 12.4. The third-order valence-corrected chi connectivity index (χ3v) is 2.19. The van der Waals surface area contributed by atoms with E-state index < -0.39 is 0 Å². The first-order valence-corrected chi connectivity index (χ1v) is 6.03. The summed E-state index contributed by atoms with van der Waals surface area (Å²) in [5, 5.41) is 3.42. The molecule has 0 aromatic heterocycles. The molecule has 0 aliphatic carbocycles. The number of hydrogen-bond acceptors (Lipinski definition) is 4. The molecule has 16 heavy (non-hydrogen) atoms. The number of ether oxygens (including phenoxy) is 3. The molecule has 0 aliphatic heterocycles. The number of hydrogen-bond donors (Lipinski definition) is 1. The van der Waals surface area contributed by atoms with Gasteiger partial charge < -0.3 is 19.5 Å². The van der Waals surface area contributed by atoms with Crippen molar-refractivity contribution >= 4 is 0 Å². The van der Waals surface area contributed by atoms with E-state index in [9.17, 15) is 0 Å². The van der Waals surface area contributed by atoms with Gasteiger partial charge in [0.25, 0.3) is 0 Å².